The van der Waals surface area contributed by atoms with Crippen molar-refractivity contribution in [2.45, 2.75) is 26.4 Å². The zero-order chi connectivity index (χ0) is 9.23. The summed E-state index contributed by atoms with van der Waals surface area (Å²) in [6.45, 7) is 3.01. The molecule has 0 saturated heterocycles. The summed E-state index contributed by atoms with van der Waals surface area (Å²) >= 11 is 0. The molecular formula is C7H10O4. The number of ketones is 3. The molecule has 0 heterocycles. The van der Waals surface area contributed by atoms with Crippen LogP contribution in [-0.4, -0.2) is 28.1 Å². The number of rotatable bonds is 3. The first kappa shape index (κ1) is 9.97. The van der Waals surface area contributed by atoms with E-state index in [4.69, 9.17) is 0 Å². The molecule has 0 aromatic rings. The van der Waals surface area contributed by atoms with Gasteiger partial charge in [0.15, 0.2) is 17.3 Å². The molecule has 0 aromatic carbocycles. The Balaban J connectivity index is 4.99. The Morgan fingerprint density at radius 3 is 1.09 bits per heavy atom. The number of carbonyl (C=O) groups is 3. The van der Waals surface area contributed by atoms with Crippen molar-refractivity contribution in [2.24, 2.45) is 0 Å². The van der Waals surface area contributed by atoms with E-state index in [0.29, 0.717) is 0 Å². The molecule has 0 aromatic heterocycles. The first-order chi connectivity index (χ1) is 4.83. The third kappa shape index (κ3) is 1.51. The average molecular weight is 158 g/mol. The minimum Gasteiger partial charge on any atom is -0.369 e. The van der Waals surface area contributed by atoms with Gasteiger partial charge in [-0.2, -0.15) is 0 Å². The average Bonchev–Trinajstić information content (AvgIpc) is 1.84. The highest BCUT2D eigenvalue weighted by molar-refractivity contribution is 6.26. The maximum absolute atomic E-state index is 10.7. The molecule has 62 valence electrons. The summed E-state index contributed by atoms with van der Waals surface area (Å²) in [6, 6.07) is 0. The maximum atomic E-state index is 10.7. The van der Waals surface area contributed by atoms with E-state index in [1.807, 2.05) is 0 Å². The lowest BCUT2D eigenvalue weighted by Gasteiger charge is -2.17. The molecule has 1 N–H and O–H groups in total. The molecule has 0 aliphatic rings. The van der Waals surface area contributed by atoms with E-state index in [9.17, 15) is 19.5 Å². The second-order valence-electron chi connectivity index (χ2n) is 2.38. The topological polar surface area (TPSA) is 71.4 Å². The fourth-order valence-corrected chi connectivity index (χ4v) is 0.744. The van der Waals surface area contributed by atoms with Crippen molar-refractivity contribution in [3.05, 3.63) is 0 Å². The van der Waals surface area contributed by atoms with Crippen LogP contribution in [-0.2, 0) is 14.4 Å². The zero-order valence-electron chi connectivity index (χ0n) is 6.67. The summed E-state index contributed by atoms with van der Waals surface area (Å²) in [4.78, 5) is 32.0. The largest absolute Gasteiger partial charge is 0.369 e. The van der Waals surface area contributed by atoms with Crippen LogP contribution in [0, 0.1) is 0 Å². The highest BCUT2D eigenvalue weighted by Crippen LogP contribution is 2.08. The molecule has 0 bridgehead atoms. The monoisotopic (exact) mass is 158 g/mol. The minimum absolute atomic E-state index is 0.836. The normalized spacial score (nSPS) is 10.9. The van der Waals surface area contributed by atoms with E-state index in [1.165, 1.54) is 0 Å². The van der Waals surface area contributed by atoms with E-state index >= 15 is 0 Å². The summed E-state index contributed by atoms with van der Waals surface area (Å²) in [5.74, 6) is -2.51. The quantitative estimate of drug-likeness (QED) is 0.561. The predicted octanol–water partition coefficient (Wildman–Crippen LogP) is -0.516. The van der Waals surface area contributed by atoms with Gasteiger partial charge in [-0.15, -0.1) is 0 Å². The number of aliphatic hydroxyl groups is 1. The van der Waals surface area contributed by atoms with Gasteiger partial charge in [-0.05, 0) is 20.8 Å². The Kier molecular flexibility index (Phi) is 2.65. The number of hydrogen-bond donors (Lipinski definition) is 1. The van der Waals surface area contributed by atoms with Crippen LogP contribution in [0.25, 0.3) is 0 Å². The van der Waals surface area contributed by atoms with Crippen LogP contribution in [0.15, 0.2) is 0 Å². The van der Waals surface area contributed by atoms with Crippen molar-refractivity contribution < 1.29 is 19.5 Å². The van der Waals surface area contributed by atoms with Crippen LogP contribution in [0.3, 0.4) is 0 Å². The standard InChI is InChI=1S/C7H10O4/c1-4(8)7(11,5(2)9)6(3)10/h11H,1-3H3. The summed E-state index contributed by atoms with van der Waals surface area (Å²) in [7, 11) is 0. The van der Waals surface area contributed by atoms with E-state index in [-0.39, 0.29) is 0 Å². The fourth-order valence-electron chi connectivity index (χ4n) is 0.744. The van der Waals surface area contributed by atoms with Gasteiger partial charge >= 0.3 is 0 Å². The van der Waals surface area contributed by atoms with Crippen LogP contribution in [0.5, 0.6) is 0 Å². The molecule has 0 spiro atoms. The molecule has 0 amide bonds. The van der Waals surface area contributed by atoms with Crippen molar-refractivity contribution in [1.82, 2.24) is 0 Å². The Morgan fingerprint density at radius 2 is 1.09 bits per heavy atom. The first-order valence-corrected chi connectivity index (χ1v) is 3.09. The molecule has 0 aliphatic heterocycles. The summed E-state index contributed by atoms with van der Waals surface area (Å²) < 4.78 is 0. The van der Waals surface area contributed by atoms with Gasteiger partial charge in [-0.1, -0.05) is 0 Å². The molecule has 0 rings (SSSR count). The summed E-state index contributed by atoms with van der Waals surface area (Å²) in [5.41, 5.74) is -2.42. The SMILES string of the molecule is CC(=O)C(O)(C(C)=O)C(C)=O. The summed E-state index contributed by atoms with van der Waals surface area (Å²) in [5, 5.41) is 9.19. The van der Waals surface area contributed by atoms with Gasteiger partial charge in [0.2, 0.25) is 5.60 Å². The highest BCUT2D eigenvalue weighted by atomic mass is 16.3. The van der Waals surface area contributed by atoms with E-state index in [1.54, 1.807) is 0 Å². The molecular weight excluding hydrogens is 148 g/mol. The van der Waals surface area contributed by atoms with Gasteiger partial charge in [0.1, 0.15) is 0 Å². The van der Waals surface area contributed by atoms with Crippen LogP contribution >= 0.6 is 0 Å². The van der Waals surface area contributed by atoms with E-state index in [2.05, 4.69) is 0 Å². The smallest absolute Gasteiger partial charge is 0.239 e. The van der Waals surface area contributed by atoms with Gasteiger partial charge in [-0.25, -0.2) is 0 Å². The Hall–Kier alpha value is -1.03. The Bertz CT molecular complexity index is 180. The zero-order valence-corrected chi connectivity index (χ0v) is 6.67. The number of hydrogen-bond acceptors (Lipinski definition) is 4. The Labute approximate surface area is 64.2 Å². The van der Waals surface area contributed by atoms with Crippen LogP contribution in [0.2, 0.25) is 0 Å². The van der Waals surface area contributed by atoms with Crippen LogP contribution in [0.4, 0.5) is 0 Å². The van der Waals surface area contributed by atoms with E-state index < -0.39 is 23.0 Å². The fraction of sp³-hybridized carbons (Fsp3) is 0.571. The molecule has 0 fully saturated rings. The maximum Gasteiger partial charge on any atom is 0.239 e. The van der Waals surface area contributed by atoms with Crippen molar-refractivity contribution >= 4 is 17.3 Å². The second kappa shape index (κ2) is 2.92. The number of carbonyl (C=O) groups excluding carboxylic acids is 3. The Morgan fingerprint density at radius 1 is 0.909 bits per heavy atom. The summed E-state index contributed by atoms with van der Waals surface area (Å²) in [6.07, 6.45) is 0. The lowest BCUT2D eigenvalue weighted by Crippen LogP contribution is -2.50. The first-order valence-electron chi connectivity index (χ1n) is 3.09. The molecule has 0 radical (unpaired) electrons. The van der Waals surface area contributed by atoms with Gasteiger partial charge in [0.25, 0.3) is 0 Å². The van der Waals surface area contributed by atoms with Crippen molar-refractivity contribution in [3.8, 4) is 0 Å². The lowest BCUT2D eigenvalue weighted by molar-refractivity contribution is -0.156. The predicted molar refractivity (Wildman–Crippen MR) is 37.0 cm³/mol. The van der Waals surface area contributed by atoms with Crippen LogP contribution < -0.4 is 0 Å². The van der Waals surface area contributed by atoms with Gasteiger partial charge in [0, 0.05) is 0 Å². The lowest BCUT2D eigenvalue weighted by atomic mass is 9.91. The van der Waals surface area contributed by atoms with Crippen molar-refractivity contribution in [1.29, 1.82) is 0 Å². The van der Waals surface area contributed by atoms with Crippen LogP contribution in [0.1, 0.15) is 20.8 Å². The molecule has 11 heavy (non-hydrogen) atoms. The second-order valence-corrected chi connectivity index (χ2v) is 2.38. The molecule has 4 heteroatoms. The van der Waals surface area contributed by atoms with E-state index in [0.717, 1.165) is 20.8 Å². The van der Waals surface area contributed by atoms with Crippen molar-refractivity contribution in [2.75, 3.05) is 0 Å². The van der Waals surface area contributed by atoms with Gasteiger partial charge in [-0.3, -0.25) is 14.4 Å². The minimum atomic E-state index is -2.42. The van der Waals surface area contributed by atoms with Gasteiger partial charge in [0.05, 0.1) is 0 Å². The molecule has 4 nitrogen and oxygen atoms in total. The third-order valence-corrected chi connectivity index (χ3v) is 1.53. The number of Topliss-reactive ketones (excluding diaryl/α,β-unsaturated/α-hetero) is 3. The molecule has 0 unspecified atom stereocenters. The molecule has 0 saturated carbocycles. The highest BCUT2D eigenvalue weighted by Gasteiger charge is 2.42. The molecule has 0 aliphatic carbocycles. The van der Waals surface area contributed by atoms with Crippen molar-refractivity contribution in [3.63, 3.8) is 0 Å². The van der Waals surface area contributed by atoms with Gasteiger partial charge < -0.3 is 5.11 Å². The third-order valence-electron chi connectivity index (χ3n) is 1.53. The molecule has 0 atom stereocenters.